The molecule has 0 saturated carbocycles. The van der Waals surface area contributed by atoms with E-state index in [2.05, 4.69) is 54.6 Å². The number of hydrogen-bond acceptors (Lipinski definition) is 5. The van der Waals surface area contributed by atoms with E-state index in [-0.39, 0.29) is 0 Å². The van der Waals surface area contributed by atoms with Crippen molar-refractivity contribution in [2.45, 2.75) is 0 Å². The van der Waals surface area contributed by atoms with Gasteiger partial charge in [0.15, 0.2) is 17.5 Å². The number of furan rings is 2. The van der Waals surface area contributed by atoms with Crippen molar-refractivity contribution in [1.82, 2.24) is 15.0 Å². The first-order chi connectivity index (χ1) is 24.2. The fraction of sp³-hybridized carbons (Fsp3) is 0. The van der Waals surface area contributed by atoms with Crippen LogP contribution in [0.2, 0.25) is 5.02 Å². The average molecular weight is 650 g/mol. The Labute approximate surface area is 285 Å². The molecule has 0 N–H and O–H groups in total. The number of nitrogens with zero attached hydrogens (tertiary/aromatic N) is 3. The summed E-state index contributed by atoms with van der Waals surface area (Å²) in [4.78, 5) is 15.3. The van der Waals surface area contributed by atoms with Crippen molar-refractivity contribution in [3.05, 3.63) is 151 Å². The molecule has 49 heavy (non-hydrogen) atoms. The van der Waals surface area contributed by atoms with Crippen molar-refractivity contribution in [1.29, 1.82) is 0 Å². The maximum atomic E-state index is 7.06. The van der Waals surface area contributed by atoms with E-state index in [1.54, 1.807) is 0 Å². The van der Waals surface area contributed by atoms with Gasteiger partial charge in [-0.3, -0.25) is 0 Å². The number of halogens is 1. The summed E-state index contributed by atoms with van der Waals surface area (Å²) < 4.78 is 12.7. The van der Waals surface area contributed by atoms with E-state index in [1.165, 1.54) is 0 Å². The lowest BCUT2D eigenvalue weighted by Gasteiger charge is -2.11. The molecule has 3 heterocycles. The molecule has 0 bridgehead atoms. The molecule has 0 aliphatic heterocycles. The second kappa shape index (κ2) is 10.9. The second-order valence-corrected chi connectivity index (χ2v) is 12.5. The first kappa shape index (κ1) is 27.8. The van der Waals surface area contributed by atoms with Crippen LogP contribution in [-0.2, 0) is 0 Å². The van der Waals surface area contributed by atoms with Crippen LogP contribution in [0.25, 0.3) is 99.9 Å². The zero-order valence-corrected chi connectivity index (χ0v) is 26.6. The predicted molar refractivity (Wildman–Crippen MR) is 199 cm³/mol. The van der Waals surface area contributed by atoms with Crippen LogP contribution in [0, 0.1) is 0 Å². The minimum atomic E-state index is 0.458. The van der Waals surface area contributed by atoms with E-state index in [9.17, 15) is 0 Å². The highest BCUT2D eigenvalue weighted by Gasteiger charge is 2.21. The maximum Gasteiger partial charge on any atom is 0.167 e. The Hall–Kier alpha value is -6.30. The van der Waals surface area contributed by atoms with Gasteiger partial charge in [0.25, 0.3) is 0 Å². The summed E-state index contributed by atoms with van der Waals surface area (Å²) in [5, 5.41) is 6.74. The van der Waals surface area contributed by atoms with Crippen molar-refractivity contribution < 1.29 is 8.83 Å². The van der Waals surface area contributed by atoms with Crippen LogP contribution in [0.15, 0.2) is 154 Å². The summed E-state index contributed by atoms with van der Waals surface area (Å²) in [6.07, 6.45) is 0. The molecule has 7 aromatic carbocycles. The van der Waals surface area contributed by atoms with Crippen LogP contribution in [0.3, 0.4) is 0 Å². The number of benzene rings is 7. The quantitative estimate of drug-likeness (QED) is 0.190. The minimum absolute atomic E-state index is 0.458. The third-order valence-electron chi connectivity index (χ3n) is 9.20. The molecule has 3 aromatic heterocycles. The second-order valence-electron chi connectivity index (χ2n) is 12.1. The summed E-state index contributed by atoms with van der Waals surface area (Å²) in [6, 6.07) is 49.0. The average Bonchev–Trinajstić information content (AvgIpc) is 3.73. The largest absolute Gasteiger partial charge is 0.456 e. The van der Waals surface area contributed by atoms with Crippen LogP contribution < -0.4 is 0 Å². The van der Waals surface area contributed by atoms with Gasteiger partial charge < -0.3 is 8.83 Å². The van der Waals surface area contributed by atoms with E-state index < -0.39 is 0 Å². The van der Waals surface area contributed by atoms with Crippen molar-refractivity contribution in [3.8, 4) is 45.3 Å². The van der Waals surface area contributed by atoms with Crippen molar-refractivity contribution in [2.75, 3.05) is 0 Å². The van der Waals surface area contributed by atoms with Crippen molar-refractivity contribution in [3.63, 3.8) is 0 Å². The van der Waals surface area contributed by atoms with Crippen molar-refractivity contribution >= 4 is 66.3 Å². The van der Waals surface area contributed by atoms with Crippen molar-refractivity contribution in [2.24, 2.45) is 0 Å². The Kier molecular flexibility index (Phi) is 6.16. The van der Waals surface area contributed by atoms with Crippen LogP contribution in [0.4, 0.5) is 0 Å². The molecular weight excluding hydrogens is 626 g/mol. The van der Waals surface area contributed by atoms with Gasteiger partial charge in [-0.25, -0.2) is 15.0 Å². The lowest BCUT2D eigenvalue weighted by atomic mass is 10.0. The molecule has 0 unspecified atom stereocenters. The number of aromatic nitrogens is 3. The fourth-order valence-corrected chi connectivity index (χ4v) is 7.11. The van der Waals surface area contributed by atoms with Crippen LogP contribution in [0.5, 0.6) is 0 Å². The monoisotopic (exact) mass is 649 g/mol. The topological polar surface area (TPSA) is 65.0 Å². The van der Waals surface area contributed by atoms with E-state index in [4.69, 9.17) is 35.4 Å². The molecule has 5 nitrogen and oxygen atoms in total. The minimum Gasteiger partial charge on any atom is -0.456 e. The highest BCUT2D eigenvalue weighted by atomic mass is 35.5. The molecule has 6 heteroatoms. The van der Waals surface area contributed by atoms with E-state index in [0.29, 0.717) is 33.6 Å². The highest BCUT2D eigenvalue weighted by molar-refractivity contribution is 6.34. The molecule has 10 aromatic rings. The molecule has 0 aliphatic rings. The molecule has 0 aliphatic carbocycles. The fourth-order valence-electron chi connectivity index (χ4n) is 6.88. The third kappa shape index (κ3) is 4.51. The Morgan fingerprint density at radius 1 is 0.408 bits per heavy atom. The van der Waals surface area contributed by atoms with Gasteiger partial charge in [-0.1, -0.05) is 121 Å². The summed E-state index contributed by atoms with van der Waals surface area (Å²) >= 11 is 7.06. The normalized spacial score (nSPS) is 11.8. The van der Waals surface area contributed by atoms with Gasteiger partial charge >= 0.3 is 0 Å². The maximum absolute atomic E-state index is 7.06. The molecular formula is C43H24ClN3O2. The molecule has 10 rings (SSSR count). The summed E-state index contributed by atoms with van der Waals surface area (Å²) in [5.41, 5.74) is 7.53. The van der Waals surface area contributed by atoms with Gasteiger partial charge in [0.1, 0.15) is 22.3 Å². The first-order valence-electron chi connectivity index (χ1n) is 16.0. The number of hydrogen-bond donors (Lipinski definition) is 0. The van der Waals surface area contributed by atoms with Gasteiger partial charge in [0.05, 0.1) is 10.6 Å². The predicted octanol–water partition coefficient (Wildman–Crippen LogP) is 12.1. The van der Waals surface area contributed by atoms with E-state index >= 15 is 0 Å². The number of para-hydroxylation sites is 2. The first-order valence-corrected chi connectivity index (χ1v) is 16.4. The summed E-state index contributed by atoms with van der Waals surface area (Å²) in [5.74, 6) is 1.48. The van der Waals surface area contributed by atoms with Gasteiger partial charge in [-0.15, -0.1) is 0 Å². The molecule has 0 atom stereocenters. The Bertz CT molecular complexity index is 2910. The molecule has 0 amide bonds. The molecule has 0 saturated heterocycles. The SMILES string of the molecule is Clc1cc2oc3ccc4ccccc4c3c2cc1-c1nc(-c2cccc(-c3ccccc3)c2)nc(-c2cccc3c2oc2ccccc23)n1. The molecule has 230 valence electrons. The zero-order chi connectivity index (χ0) is 32.5. The lowest BCUT2D eigenvalue weighted by molar-refractivity contribution is 0.669. The van der Waals surface area contributed by atoms with E-state index in [1.807, 2.05) is 91.0 Å². The van der Waals surface area contributed by atoms with Crippen LogP contribution in [-0.4, -0.2) is 15.0 Å². The number of rotatable bonds is 4. The number of fused-ring (bicyclic) bond motifs is 8. The van der Waals surface area contributed by atoms with Gasteiger partial charge in [-0.2, -0.15) is 0 Å². The molecule has 0 spiro atoms. The highest BCUT2D eigenvalue weighted by Crippen LogP contribution is 2.41. The summed E-state index contributed by atoms with van der Waals surface area (Å²) in [7, 11) is 0. The van der Waals surface area contributed by atoms with Crippen LogP contribution >= 0.6 is 11.6 Å². The van der Waals surface area contributed by atoms with Gasteiger partial charge in [0.2, 0.25) is 0 Å². The molecule has 0 fully saturated rings. The smallest absolute Gasteiger partial charge is 0.167 e. The van der Waals surface area contributed by atoms with Gasteiger partial charge in [0, 0.05) is 38.7 Å². The van der Waals surface area contributed by atoms with E-state index in [0.717, 1.165) is 71.3 Å². The lowest BCUT2D eigenvalue weighted by Crippen LogP contribution is -2.01. The molecule has 0 radical (unpaired) electrons. The van der Waals surface area contributed by atoms with Crippen LogP contribution in [0.1, 0.15) is 0 Å². The summed E-state index contributed by atoms with van der Waals surface area (Å²) in [6.45, 7) is 0. The Morgan fingerprint density at radius 3 is 2.00 bits per heavy atom. The Morgan fingerprint density at radius 2 is 1.10 bits per heavy atom. The Balaban J connectivity index is 1.24. The van der Waals surface area contributed by atoms with Gasteiger partial charge in [-0.05, 0) is 52.2 Å². The standard InChI is InChI=1S/C43H24ClN3O2/c44-35-24-38-34(39-29-15-5-4-12-26(29)20-21-37(39)48-38)23-33(35)43-46-41(28-14-8-13-27(22-28)25-10-2-1-3-11-25)45-42(47-43)32-18-9-17-31-30-16-6-7-19-36(30)49-40(31)32/h1-24H. The zero-order valence-electron chi connectivity index (χ0n) is 25.9. The third-order valence-corrected chi connectivity index (χ3v) is 9.51.